The van der Waals surface area contributed by atoms with E-state index >= 15 is 0 Å². The molecule has 0 aliphatic heterocycles. The summed E-state index contributed by atoms with van der Waals surface area (Å²) in [5.74, 6) is 0. The fourth-order valence-electron chi connectivity index (χ4n) is 3.97. The van der Waals surface area contributed by atoms with Gasteiger partial charge in [-0.05, 0) is 75.8 Å². The van der Waals surface area contributed by atoms with Crippen LogP contribution in [0.25, 0.3) is 43.8 Å². The fraction of sp³-hybridized carbons (Fsp3) is 0.0714. The van der Waals surface area contributed by atoms with E-state index in [1.807, 2.05) is 0 Å². The second-order valence-electron chi connectivity index (χ2n) is 7.71. The van der Waals surface area contributed by atoms with Crippen molar-refractivity contribution < 1.29 is 0 Å². The van der Waals surface area contributed by atoms with Crippen molar-refractivity contribution in [3.05, 3.63) is 108 Å². The number of benzene rings is 5. The van der Waals surface area contributed by atoms with Gasteiger partial charge < -0.3 is 0 Å². The van der Waals surface area contributed by atoms with Gasteiger partial charge >= 0.3 is 0 Å². The molecule has 0 radical (unpaired) electrons. The van der Waals surface area contributed by atoms with E-state index in [9.17, 15) is 0 Å². The number of hydrogen-bond acceptors (Lipinski definition) is 0. The van der Waals surface area contributed by atoms with E-state index in [1.165, 1.54) is 54.9 Å². The van der Waals surface area contributed by atoms with Gasteiger partial charge in [-0.2, -0.15) is 0 Å². The molecular formula is C28H22. The Morgan fingerprint density at radius 2 is 0.786 bits per heavy atom. The predicted molar refractivity (Wildman–Crippen MR) is 122 cm³/mol. The van der Waals surface area contributed by atoms with Crippen molar-refractivity contribution in [1.82, 2.24) is 0 Å². The van der Waals surface area contributed by atoms with Crippen LogP contribution in [0.4, 0.5) is 0 Å². The summed E-state index contributed by atoms with van der Waals surface area (Å²) in [6.45, 7) is 4.28. The van der Waals surface area contributed by atoms with Crippen molar-refractivity contribution in [3.8, 4) is 22.3 Å². The van der Waals surface area contributed by atoms with Crippen molar-refractivity contribution in [2.75, 3.05) is 0 Å². The Balaban J connectivity index is 1.56. The first kappa shape index (κ1) is 16.8. The van der Waals surface area contributed by atoms with Crippen molar-refractivity contribution in [2.45, 2.75) is 13.8 Å². The smallest absolute Gasteiger partial charge is 0.0177 e. The van der Waals surface area contributed by atoms with Crippen molar-refractivity contribution in [3.63, 3.8) is 0 Å². The molecule has 0 saturated heterocycles. The van der Waals surface area contributed by atoms with E-state index in [1.54, 1.807) is 0 Å². The molecule has 0 nitrogen and oxygen atoms in total. The molecule has 5 rings (SSSR count). The van der Waals surface area contributed by atoms with Crippen LogP contribution in [-0.2, 0) is 0 Å². The molecule has 0 spiro atoms. The lowest BCUT2D eigenvalue weighted by Gasteiger charge is -2.09. The van der Waals surface area contributed by atoms with E-state index in [2.05, 4.69) is 111 Å². The lowest BCUT2D eigenvalue weighted by molar-refractivity contribution is 1.47. The summed E-state index contributed by atoms with van der Waals surface area (Å²) < 4.78 is 0. The van der Waals surface area contributed by atoms with Gasteiger partial charge in [0.25, 0.3) is 0 Å². The monoisotopic (exact) mass is 358 g/mol. The van der Waals surface area contributed by atoms with E-state index < -0.39 is 0 Å². The maximum Gasteiger partial charge on any atom is -0.0177 e. The number of rotatable bonds is 2. The molecule has 5 aromatic rings. The van der Waals surface area contributed by atoms with E-state index in [-0.39, 0.29) is 0 Å². The van der Waals surface area contributed by atoms with Gasteiger partial charge in [0.2, 0.25) is 0 Å². The largest absolute Gasteiger partial charge is 0.0614 e. The molecule has 0 aromatic heterocycles. The summed E-state index contributed by atoms with van der Waals surface area (Å²) in [6.07, 6.45) is 0. The summed E-state index contributed by atoms with van der Waals surface area (Å²) in [7, 11) is 0. The highest BCUT2D eigenvalue weighted by Crippen LogP contribution is 2.30. The van der Waals surface area contributed by atoms with Gasteiger partial charge in [-0.1, -0.05) is 90.0 Å². The molecule has 0 aliphatic carbocycles. The summed E-state index contributed by atoms with van der Waals surface area (Å²) in [6, 6.07) is 35.6. The molecule has 0 atom stereocenters. The van der Waals surface area contributed by atoms with Crippen molar-refractivity contribution in [2.24, 2.45) is 0 Å². The number of hydrogen-bond donors (Lipinski definition) is 0. The number of fused-ring (bicyclic) bond motifs is 2. The third kappa shape index (κ3) is 3.08. The highest BCUT2D eigenvalue weighted by Gasteiger charge is 2.04. The van der Waals surface area contributed by atoms with Gasteiger partial charge in [0.1, 0.15) is 0 Å². The average molecular weight is 358 g/mol. The van der Waals surface area contributed by atoms with E-state index in [0.717, 1.165) is 0 Å². The van der Waals surface area contributed by atoms with Crippen molar-refractivity contribution >= 4 is 21.5 Å². The first-order valence-corrected chi connectivity index (χ1v) is 9.77. The third-order valence-electron chi connectivity index (χ3n) is 5.52. The molecule has 0 saturated carbocycles. The highest BCUT2D eigenvalue weighted by molar-refractivity contribution is 5.93. The Bertz CT molecular complexity index is 1320. The minimum atomic E-state index is 1.26. The van der Waals surface area contributed by atoms with Gasteiger partial charge in [-0.3, -0.25) is 0 Å². The minimum absolute atomic E-state index is 1.26. The van der Waals surface area contributed by atoms with Crippen LogP contribution >= 0.6 is 0 Å². The summed E-state index contributed by atoms with van der Waals surface area (Å²) >= 11 is 0. The van der Waals surface area contributed by atoms with Crippen molar-refractivity contribution in [1.29, 1.82) is 0 Å². The lowest BCUT2D eigenvalue weighted by Crippen LogP contribution is -1.83. The fourth-order valence-corrected chi connectivity index (χ4v) is 3.97. The molecule has 0 heterocycles. The number of aryl methyl sites for hydroxylation is 2. The zero-order valence-corrected chi connectivity index (χ0v) is 16.2. The van der Waals surface area contributed by atoms with Crippen LogP contribution in [0.2, 0.25) is 0 Å². The summed E-state index contributed by atoms with van der Waals surface area (Å²) in [5.41, 5.74) is 7.66. The molecule has 0 N–H and O–H groups in total. The molecule has 0 fully saturated rings. The second-order valence-corrected chi connectivity index (χ2v) is 7.71. The Morgan fingerprint density at radius 1 is 0.357 bits per heavy atom. The van der Waals surface area contributed by atoms with Crippen LogP contribution in [-0.4, -0.2) is 0 Å². The predicted octanol–water partition coefficient (Wildman–Crippen LogP) is 7.94. The first-order valence-electron chi connectivity index (χ1n) is 9.77. The summed E-state index contributed by atoms with van der Waals surface area (Å²) in [5, 5.41) is 5.14. The lowest BCUT2D eigenvalue weighted by atomic mass is 9.96. The van der Waals surface area contributed by atoms with E-state index in [0.29, 0.717) is 0 Å². The van der Waals surface area contributed by atoms with Crippen LogP contribution in [0.15, 0.2) is 97.1 Å². The van der Waals surface area contributed by atoms with Crippen LogP contribution in [0.1, 0.15) is 11.1 Å². The standard InChI is InChI=1S/C28H22/c1-19-4-3-5-21(14-19)24-10-11-27-18-28(13-12-26(27)17-24)25-9-8-22-15-20(2)6-7-23(22)16-25/h3-18H,1-2H3. The molecule has 0 heteroatoms. The minimum Gasteiger partial charge on any atom is -0.0614 e. The van der Waals surface area contributed by atoms with Crippen LogP contribution in [0.5, 0.6) is 0 Å². The Morgan fingerprint density at radius 3 is 1.32 bits per heavy atom. The topological polar surface area (TPSA) is 0 Å². The molecule has 134 valence electrons. The van der Waals surface area contributed by atoms with Gasteiger partial charge in [0.15, 0.2) is 0 Å². The summed E-state index contributed by atoms with van der Waals surface area (Å²) in [4.78, 5) is 0. The molecular weight excluding hydrogens is 336 g/mol. The van der Waals surface area contributed by atoms with Gasteiger partial charge in [-0.15, -0.1) is 0 Å². The normalized spacial score (nSPS) is 11.2. The molecule has 0 amide bonds. The highest BCUT2D eigenvalue weighted by atomic mass is 14.1. The van der Waals surface area contributed by atoms with E-state index in [4.69, 9.17) is 0 Å². The first-order chi connectivity index (χ1) is 13.7. The molecule has 0 unspecified atom stereocenters. The zero-order chi connectivity index (χ0) is 19.1. The Hall–Kier alpha value is -3.38. The van der Waals surface area contributed by atoms with Gasteiger partial charge in [0, 0.05) is 0 Å². The second kappa shape index (κ2) is 6.65. The van der Waals surface area contributed by atoms with Gasteiger partial charge in [0.05, 0.1) is 0 Å². The molecule has 28 heavy (non-hydrogen) atoms. The third-order valence-corrected chi connectivity index (χ3v) is 5.52. The van der Waals surface area contributed by atoms with Crippen LogP contribution < -0.4 is 0 Å². The maximum absolute atomic E-state index is 2.30. The SMILES string of the molecule is Cc1cccc(-c2ccc3cc(-c4ccc5cc(C)ccc5c4)ccc3c2)c1. The Kier molecular flexibility index (Phi) is 3.98. The molecule has 0 bridgehead atoms. The van der Waals surface area contributed by atoms with Gasteiger partial charge in [-0.25, -0.2) is 0 Å². The maximum atomic E-state index is 2.30. The van der Waals surface area contributed by atoms with Crippen LogP contribution in [0.3, 0.4) is 0 Å². The molecule has 5 aromatic carbocycles. The Labute approximate surface area is 166 Å². The quantitative estimate of drug-likeness (QED) is 0.300. The zero-order valence-electron chi connectivity index (χ0n) is 16.2. The average Bonchev–Trinajstić information content (AvgIpc) is 2.72. The van der Waals surface area contributed by atoms with Crippen LogP contribution in [0, 0.1) is 13.8 Å². The molecule has 0 aliphatic rings.